The van der Waals surface area contributed by atoms with Crippen molar-refractivity contribution in [1.82, 2.24) is 10.1 Å². The van der Waals surface area contributed by atoms with E-state index in [-0.39, 0.29) is 0 Å². The molecule has 0 atom stereocenters. The topological polar surface area (TPSA) is 78.1 Å². The summed E-state index contributed by atoms with van der Waals surface area (Å²) >= 11 is 0. The summed E-state index contributed by atoms with van der Waals surface area (Å²) in [5, 5.41) is 3.53. The Morgan fingerprint density at radius 1 is 1.38 bits per heavy atom. The molecular formula is C8H9N3O2. The van der Waals surface area contributed by atoms with E-state index < -0.39 is 0 Å². The lowest BCUT2D eigenvalue weighted by Crippen LogP contribution is -1.80. The Balaban J connectivity index is 2.46. The Hall–Kier alpha value is -1.78. The molecule has 0 saturated carbocycles. The largest absolute Gasteiger partial charge is 0.439 e. The summed E-state index contributed by atoms with van der Waals surface area (Å²) < 4.78 is 10.2. The highest BCUT2D eigenvalue weighted by molar-refractivity contribution is 5.50. The number of hydrogen-bond acceptors (Lipinski definition) is 5. The van der Waals surface area contributed by atoms with Gasteiger partial charge in [0.15, 0.2) is 5.82 Å². The van der Waals surface area contributed by atoms with E-state index in [1.807, 2.05) is 13.8 Å². The molecule has 0 saturated heterocycles. The fraction of sp³-hybridized carbons (Fsp3) is 0.250. The van der Waals surface area contributed by atoms with Crippen molar-refractivity contribution in [2.45, 2.75) is 13.8 Å². The third kappa shape index (κ3) is 1.28. The second-order valence-corrected chi connectivity index (χ2v) is 2.78. The minimum atomic E-state index is 0.323. The van der Waals surface area contributed by atoms with Gasteiger partial charge in [0.25, 0.3) is 5.89 Å². The zero-order valence-corrected chi connectivity index (χ0v) is 7.37. The Morgan fingerprint density at radius 2 is 2.15 bits per heavy atom. The first-order valence-electron chi connectivity index (χ1n) is 3.83. The first-order valence-corrected chi connectivity index (χ1v) is 3.83. The predicted octanol–water partition coefficient (Wildman–Crippen LogP) is 1.53. The molecule has 0 fully saturated rings. The third-order valence-electron chi connectivity index (χ3n) is 1.77. The number of nitrogens with zero attached hydrogens (tertiary/aromatic N) is 2. The van der Waals surface area contributed by atoms with E-state index in [2.05, 4.69) is 10.1 Å². The maximum atomic E-state index is 5.39. The maximum absolute atomic E-state index is 5.39. The maximum Gasteiger partial charge on any atom is 0.266 e. The van der Waals surface area contributed by atoms with Gasteiger partial charge >= 0.3 is 0 Å². The van der Waals surface area contributed by atoms with Gasteiger partial charge in [0, 0.05) is 6.07 Å². The van der Waals surface area contributed by atoms with E-state index in [1.54, 1.807) is 6.07 Å². The van der Waals surface area contributed by atoms with Crippen LogP contribution < -0.4 is 5.73 Å². The quantitative estimate of drug-likeness (QED) is 0.718. The van der Waals surface area contributed by atoms with Gasteiger partial charge in [-0.25, -0.2) is 4.98 Å². The monoisotopic (exact) mass is 179 g/mol. The van der Waals surface area contributed by atoms with Crippen LogP contribution in [0.4, 0.5) is 5.82 Å². The van der Waals surface area contributed by atoms with Crippen molar-refractivity contribution in [3.63, 3.8) is 0 Å². The molecule has 0 aliphatic rings. The molecule has 13 heavy (non-hydrogen) atoms. The number of anilines is 1. The molecule has 0 amide bonds. The lowest BCUT2D eigenvalue weighted by Gasteiger charge is -1.82. The zero-order chi connectivity index (χ0) is 9.42. The fourth-order valence-corrected chi connectivity index (χ4v) is 0.968. The molecule has 0 aliphatic heterocycles. The van der Waals surface area contributed by atoms with Gasteiger partial charge in [0.1, 0.15) is 5.76 Å². The molecule has 5 nitrogen and oxygen atoms in total. The van der Waals surface area contributed by atoms with Crippen molar-refractivity contribution in [2.24, 2.45) is 0 Å². The summed E-state index contributed by atoms with van der Waals surface area (Å²) in [6.45, 7) is 3.70. The molecule has 68 valence electrons. The molecule has 2 aromatic heterocycles. The Bertz CT molecular complexity index is 411. The van der Waals surface area contributed by atoms with Gasteiger partial charge in [-0.15, -0.1) is 0 Å². The molecule has 2 heterocycles. The molecule has 0 unspecified atom stereocenters. The highest BCUT2D eigenvalue weighted by Crippen LogP contribution is 2.22. The van der Waals surface area contributed by atoms with Gasteiger partial charge in [0.2, 0.25) is 5.76 Å². The van der Waals surface area contributed by atoms with E-state index in [9.17, 15) is 0 Å². The predicted molar refractivity (Wildman–Crippen MR) is 45.9 cm³/mol. The zero-order valence-electron chi connectivity index (χ0n) is 7.37. The summed E-state index contributed by atoms with van der Waals surface area (Å²) in [5.41, 5.74) is 6.22. The first-order chi connectivity index (χ1) is 6.16. The molecule has 0 spiro atoms. The van der Waals surface area contributed by atoms with Gasteiger partial charge < -0.3 is 14.7 Å². The second kappa shape index (κ2) is 2.62. The number of nitrogens with two attached hydrogens (primary N) is 1. The molecule has 0 bridgehead atoms. The van der Waals surface area contributed by atoms with E-state index in [1.165, 1.54) is 0 Å². The van der Waals surface area contributed by atoms with Crippen molar-refractivity contribution >= 4 is 5.82 Å². The fourth-order valence-electron chi connectivity index (χ4n) is 0.968. The molecule has 2 rings (SSSR count). The van der Waals surface area contributed by atoms with Crippen LogP contribution in [-0.4, -0.2) is 10.1 Å². The number of aromatic nitrogens is 2. The average molecular weight is 179 g/mol. The molecular weight excluding hydrogens is 170 g/mol. The summed E-state index contributed by atoms with van der Waals surface area (Å²) in [4.78, 5) is 4.14. The Labute approximate surface area is 74.5 Å². The van der Waals surface area contributed by atoms with Crippen molar-refractivity contribution in [3.05, 3.63) is 17.5 Å². The van der Waals surface area contributed by atoms with E-state index in [0.717, 1.165) is 11.5 Å². The smallest absolute Gasteiger partial charge is 0.266 e. The number of rotatable bonds is 1. The lowest BCUT2D eigenvalue weighted by molar-refractivity contribution is 0.415. The van der Waals surface area contributed by atoms with E-state index in [4.69, 9.17) is 14.7 Å². The molecule has 0 aromatic carbocycles. The van der Waals surface area contributed by atoms with Crippen LogP contribution in [0.1, 0.15) is 11.5 Å². The molecule has 5 heteroatoms. The second-order valence-electron chi connectivity index (χ2n) is 2.78. The number of aryl methyl sites for hydroxylation is 2. The average Bonchev–Trinajstić information content (AvgIpc) is 2.61. The van der Waals surface area contributed by atoms with Gasteiger partial charge in [0.05, 0.1) is 5.69 Å². The van der Waals surface area contributed by atoms with Gasteiger partial charge in [-0.2, -0.15) is 0 Å². The molecule has 0 aliphatic carbocycles. The van der Waals surface area contributed by atoms with Crippen molar-refractivity contribution < 1.29 is 8.94 Å². The van der Waals surface area contributed by atoms with E-state index >= 15 is 0 Å². The SMILES string of the molecule is Cc1nc(-c2cc(N)no2)oc1C. The van der Waals surface area contributed by atoms with Crippen LogP contribution in [0, 0.1) is 13.8 Å². The third-order valence-corrected chi connectivity index (χ3v) is 1.77. The van der Waals surface area contributed by atoms with Gasteiger partial charge in [-0.3, -0.25) is 0 Å². The normalized spacial score (nSPS) is 10.6. The van der Waals surface area contributed by atoms with Gasteiger partial charge in [-0.05, 0) is 13.8 Å². The number of hydrogen-bond donors (Lipinski definition) is 1. The minimum Gasteiger partial charge on any atom is -0.439 e. The number of nitrogen functional groups attached to an aromatic ring is 1. The summed E-state index contributed by atoms with van der Waals surface area (Å²) in [6, 6.07) is 1.57. The molecule has 0 radical (unpaired) electrons. The molecule has 2 aromatic rings. The number of oxazole rings is 1. The van der Waals surface area contributed by atoms with Crippen LogP contribution in [-0.2, 0) is 0 Å². The highest BCUT2D eigenvalue weighted by atomic mass is 16.5. The lowest BCUT2D eigenvalue weighted by atomic mass is 10.4. The minimum absolute atomic E-state index is 0.323. The van der Waals surface area contributed by atoms with Crippen LogP contribution >= 0.6 is 0 Å². The summed E-state index contributed by atoms with van der Waals surface area (Å²) in [6.07, 6.45) is 0. The van der Waals surface area contributed by atoms with E-state index in [0.29, 0.717) is 17.5 Å². The van der Waals surface area contributed by atoms with Crippen LogP contribution in [0.3, 0.4) is 0 Å². The van der Waals surface area contributed by atoms with Crippen LogP contribution in [0.5, 0.6) is 0 Å². The van der Waals surface area contributed by atoms with Crippen molar-refractivity contribution in [1.29, 1.82) is 0 Å². The van der Waals surface area contributed by atoms with Crippen LogP contribution in [0.2, 0.25) is 0 Å². The Morgan fingerprint density at radius 3 is 2.62 bits per heavy atom. The first kappa shape index (κ1) is 7.85. The summed E-state index contributed by atoms with van der Waals surface area (Å²) in [7, 11) is 0. The standard InChI is InChI=1S/C8H9N3O2/c1-4-5(2)12-8(10-4)6-3-7(9)11-13-6/h3H,1-2H3,(H2,9,11). The molecule has 2 N–H and O–H groups in total. The van der Waals surface area contributed by atoms with Gasteiger partial charge in [-0.1, -0.05) is 5.16 Å². The Kier molecular flexibility index (Phi) is 1.58. The highest BCUT2D eigenvalue weighted by Gasteiger charge is 2.12. The van der Waals surface area contributed by atoms with Crippen LogP contribution in [0.15, 0.2) is 15.0 Å². The van der Waals surface area contributed by atoms with Crippen molar-refractivity contribution in [3.8, 4) is 11.7 Å². The van der Waals surface area contributed by atoms with Crippen molar-refractivity contribution in [2.75, 3.05) is 5.73 Å². The summed E-state index contributed by atoms with van der Waals surface area (Å²) in [5.74, 6) is 1.96. The van der Waals surface area contributed by atoms with Crippen LogP contribution in [0.25, 0.3) is 11.7 Å².